The van der Waals surface area contributed by atoms with Gasteiger partial charge in [-0.05, 0) is 31.4 Å². The second-order valence-corrected chi connectivity index (χ2v) is 8.54. The zero-order valence-corrected chi connectivity index (χ0v) is 16.9. The molecule has 29 heavy (non-hydrogen) atoms. The molecule has 0 spiro atoms. The second kappa shape index (κ2) is 9.13. The molecule has 4 rings (SSSR count). The summed E-state index contributed by atoms with van der Waals surface area (Å²) in [6.07, 6.45) is 2.75. The number of ether oxygens (including phenoxy) is 2. The standard InChI is InChI=1S/C22H31N3O4/c26-20(24-15-22(6-7-22)16-29-19-4-2-1-3-5-19)17-12-18(14-23-13-17)21(27)25-8-10-28-11-9-25/h1-5,17-18,23H,6-16H2,(H,24,26)/t17-,18-/m1/s1. The van der Waals surface area contributed by atoms with Gasteiger partial charge in [0.25, 0.3) is 0 Å². The Kier molecular flexibility index (Phi) is 6.35. The lowest BCUT2D eigenvalue weighted by Crippen LogP contribution is -2.51. The summed E-state index contributed by atoms with van der Waals surface area (Å²) in [5.41, 5.74) is 0.0522. The molecular formula is C22H31N3O4. The van der Waals surface area contributed by atoms with Crippen molar-refractivity contribution >= 4 is 11.8 Å². The maximum Gasteiger partial charge on any atom is 0.227 e. The van der Waals surface area contributed by atoms with E-state index in [1.54, 1.807) is 0 Å². The number of nitrogens with one attached hydrogen (secondary N) is 2. The van der Waals surface area contributed by atoms with E-state index in [0.717, 1.165) is 18.6 Å². The molecule has 1 saturated carbocycles. The van der Waals surface area contributed by atoms with Crippen molar-refractivity contribution in [1.29, 1.82) is 0 Å². The topological polar surface area (TPSA) is 79.9 Å². The lowest BCUT2D eigenvalue weighted by molar-refractivity contribution is -0.141. The van der Waals surface area contributed by atoms with Gasteiger partial charge >= 0.3 is 0 Å². The van der Waals surface area contributed by atoms with Crippen LogP contribution in [0.4, 0.5) is 0 Å². The normalized spacial score (nSPS) is 25.9. The van der Waals surface area contributed by atoms with Gasteiger partial charge in [0.2, 0.25) is 11.8 Å². The van der Waals surface area contributed by atoms with Crippen molar-refractivity contribution in [3.63, 3.8) is 0 Å². The molecule has 2 saturated heterocycles. The van der Waals surface area contributed by atoms with Gasteiger partial charge in [0.05, 0.1) is 31.7 Å². The summed E-state index contributed by atoms with van der Waals surface area (Å²) in [5, 5.41) is 6.41. The molecule has 2 heterocycles. The van der Waals surface area contributed by atoms with E-state index in [1.807, 2.05) is 35.2 Å². The zero-order valence-electron chi connectivity index (χ0n) is 16.9. The highest BCUT2D eigenvalue weighted by Crippen LogP contribution is 2.45. The number of benzene rings is 1. The molecule has 1 aliphatic carbocycles. The molecule has 158 valence electrons. The van der Waals surface area contributed by atoms with E-state index in [0.29, 0.717) is 59.0 Å². The van der Waals surface area contributed by atoms with Gasteiger partial charge in [-0.15, -0.1) is 0 Å². The van der Waals surface area contributed by atoms with Crippen molar-refractivity contribution in [3.8, 4) is 5.75 Å². The number of hydrogen-bond acceptors (Lipinski definition) is 5. The Morgan fingerprint density at radius 3 is 2.59 bits per heavy atom. The third-order valence-corrected chi connectivity index (χ3v) is 6.28. The molecule has 2 aliphatic heterocycles. The van der Waals surface area contributed by atoms with Gasteiger partial charge in [-0.1, -0.05) is 18.2 Å². The Bertz CT molecular complexity index is 701. The average molecular weight is 402 g/mol. The van der Waals surface area contributed by atoms with E-state index in [1.165, 1.54) is 0 Å². The summed E-state index contributed by atoms with van der Waals surface area (Å²) in [7, 11) is 0. The Morgan fingerprint density at radius 1 is 1.14 bits per heavy atom. The Hall–Kier alpha value is -2.12. The van der Waals surface area contributed by atoms with Gasteiger partial charge in [0.1, 0.15) is 5.75 Å². The Morgan fingerprint density at radius 2 is 1.86 bits per heavy atom. The number of piperidine rings is 1. The maximum absolute atomic E-state index is 12.8. The molecule has 0 bridgehead atoms. The minimum atomic E-state index is -0.162. The number of morpholine rings is 1. The quantitative estimate of drug-likeness (QED) is 0.714. The van der Waals surface area contributed by atoms with Crippen molar-refractivity contribution < 1.29 is 19.1 Å². The first kappa shape index (κ1) is 20.2. The fourth-order valence-corrected chi connectivity index (χ4v) is 4.09. The van der Waals surface area contributed by atoms with Crippen LogP contribution in [0.25, 0.3) is 0 Å². The largest absolute Gasteiger partial charge is 0.493 e. The molecule has 0 aromatic heterocycles. The highest BCUT2D eigenvalue weighted by atomic mass is 16.5. The minimum absolute atomic E-state index is 0.0444. The van der Waals surface area contributed by atoms with Crippen LogP contribution in [0, 0.1) is 17.3 Å². The SMILES string of the molecule is O=C(NCC1(COc2ccccc2)CC1)[C@H]1CNC[C@H](C(=O)N2CCOCC2)C1. The number of para-hydroxylation sites is 1. The van der Waals surface area contributed by atoms with Gasteiger partial charge in [0.15, 0.2) is 0 Å². The summed E-state index contributed by atoms with van der Waals surface area (Å²) in [6.45, 7) is 5.04. The van der Waals surface area contributed by atoms with Gasteiger partial charge in [-0.2, -0.15) is 0 Å². The first-order valence-electron chi connectivity index (χ1n) is 10.7. The monoisotopic (exact) mass is 401 g/mol. The van der Waals surface area contributed by atoms with Crippen LogP contribution in [0.2, 0.25) is 0 Å². The molecule has 2 N–H and O–H groups in total. The molecule has 3 fully saturated rings. The maximum atomic E-state index is 12.8. The summed E-state index contributed by atoms with van der Waals surface area (Å²) >= 11 is 0. The summed E-state index contributed by atoms with van der Waals surface area (Å²) in [5.74, 6) is 0.765. The smallest absolute Gasteiger partial charge is 0.227 e. The zero-order chi connectivity index (χ0) is 20.1. The van der Waals surface area contributed by atoms with Crippen molar-refractivity contribution in [2.75, 3.05) is 52.5 Å². The van der Waals surface area contributed by atoms with Crippen molar-refractivity contribution in [2.45, 2.75) is 19.3 Å². The summed E-state index contributed by atoms with van der Waals surface area (Å²) in [4.78, 5) is 27.4. The van der Waals surface area contributed by atoms with Crippen LogP contribution < -0.4 is 15.4 Å². The average Bonchev–Trinajstić information content (AvgIpc) is 3.57. The molecule has 7 nitrogen and oxygen atoms in total. The van der Waals surface area contributed by atoms with Gasteiger partial charge < -0.3 is 25.0 Å². The van der Waals surface area contributed by atoms with Crippen molar-refractivity contribution in [2.24, 2.45) is 17.3 Å². The number of nitrogens with zero attached hydrogens (tertiary/aromatic N) is 1. The molecule has 0 unspecified atom stereocenters. The first-order chi connectivity index (χ1) is 14.2. The fraction of sp³-hybridized carbons (Fsp3) is 0.636. The fourth-order valence-electron chi connectivity index (χ4n) is 4.09. The summed E-state index contributed by atoms with van der Waals surface area (Å²) in [6, 6.07) is 9.79. The Balaban J connectivity index is 1.23. The van der Waals surface area contributed by atoms with Crippen LogP contribution in [0.1, 0.15) is 19.3 Å². The van der Waals surface area contributed by atoms with Crippen LogP contribution in [0.5, 0.6) is 5.75 Å². The Labute approximate surface area is 172 Å². The predicted octanol–water partition coefficient (Wildman–Crippen LogP) is 1.05. The van der Waals surface area contributed by atoms with E-state index < -0.39 is 0 Å². The number of rotatable bonds is 7. The van der Waals surface area contributed by atoms with Crippen LogP contribution in [-0.2, 0) is 14.3 Å². The highest BCUT2D eigenvalue weighted by Gasteiger charge is 2.44. The number of hydrogen-bond donors (Lipinski definition) is 2. The minimum Gasteiger partial charge on any atom is -0.493 e. The second-order valence-electron chi connectivity index (χ2n) is 8.54. The first-order valence-corrected chi connectivity index (χ1v) is 10.7. The lowest BCUT2D eigenvalue weighted by Gasteiger charge is -2.34. The van der Waals surface area contributed by atoms with E-state index in [2.05, 4.69) is 10.6 Å². The number of carbonyl (C=O) groups excluding carboxylic acids is 2. The third kappa shape index (κ3) is 5.28. The highest BCUT2D eigenvalue weighted by molar-refractivity contribution is 5.83. The molecule has 7 heteroatoms. The molecule has 2 amide bonds. The van der Waals surface area contributed by atoms with Crippen LogP contribution >= 0.6 is 0 Å². The molecule has 1 aromatic rings. The predicted molar refractivity (Wildman–Crippen MR) is 108 cm³/mol. The third-order valence-electron chi connectivity index (χ3n) is 6.28. The van der Waals surface area contributed by atoms with E-state index >= 15 is 0 Å². The van der Waals surface area contributed by atoms with E-state index in [4.69, 9.17) is 9.47 Å². The molecule has 3 aliphatic rings. The van der Waals surface area contributed by atoms with Gasteiger partial charge in [0, 0.05) is 38.1 Å². The van der Waals surface area contributed by atoms with Gasteiger partial charge in [-0.25, -0.2) is 0 Å². The molecule has 1 aromatic carbocycles. The van der Waals surface area contributed by atoms with Crippen LogP contribution in [-0.4, -0.2) is 69.3 Å². The van der Waals surface area contributed by atoms with Crippen LogP contribution in [0.15, 0.2) is 30.3 Å². The van der Waals surface area contributed by atoms with Gasteiger partial charge in [-0.3, -0.25) is 9.59 Å². The number of amides is 2. The summed E-state index contributed by atoms with van der Waals surface area (Å²) < 4.78 is 11.2. The van der Waals surface area contributed by atoms with Crippen molar-refractivity contribution in [1.82, 2.24) is 15.5 Å². The van der Waals surface area contributed by atoms with E-state index in [9.17, 15) is 9.59 Å². The molecule has 0 radical (unpaired) electrons. The number of carbonyl (C=O) groups is 2. The molecule has 2 atom stereocenters. The van der Waals surface area contributed by atoms with E-state index in [-0.39, 0.29) is 29.1 Å². The molecular weight excluding hydrogens is 370 g/mol. The lowest BCUT2D eigenvalue weighted by atomic mass is 9.88. The van der Waals surface area contributed by atoms with Crippen LogP contribution in [0.3, 0.4) is 0 Å². The van der Waals surface area contributed by atoms with Crippen molar-refractivity contribution in [3.05, 3.63) is 30.3 Å².